The molecular formula is C14H22N2S. The average molecular weight is 250 g/mol. The first-order valence-corrected chi connectivity index (χ1v) is 7.96. The molecule has 2 nitrogen and oxygen atoms in total. The zero-order valence-corrected chi connectivity index (χ0v) is 11.2. The normalized spacial score (nSPS) is 33.3. The van der Waals surface area contributed by atoms with E-state index in [2.05, 4.69) is 15.7 Å². The van der Waals surface area contributed by atoms with Crippen LogP contribution in [0, 0.1) is 11.8 Å². The summed E-state index contributed by atoms with van der Waals surface area (Å²) in [4.78, 5) is 4.34. The van der Waals surface area contributed by atoms with Gasteiger partial charge in [-0.25, -0.2) is 4.98 Å². The highest BCUT2D eigenvalue weighted by Crippen LogP contribution is 2.40. The smallest absolute Gasteiger partial charge is 0.0795 e. The van der Waals surface area contributed by atoms with Gasteiger partial charge < -0.3 is 5.32 Å². The molecule has 0 spiro atoms. The highest BCUT2D eigenvalue weighted by molar-refractivity contribution is 7.07. The first kappa shape index (κ1) is 11.7. The van der Waals surface area contributed by atoms with E-state index in [9.17, 15) is 0 Å². The predicted octanol–water partition coefficient (Wildman–Crippen LogP) is 3.59. The van der Waals surface area contributed by atoms with Gasteiger partial charge in [-0.1, -0.05) is 25.7 Å². The molecule has 2 saturated carbocycles. The number of thiazole rings is 1. The van der Waals surface area contributed by atoms with Crippen LogP contribution in [0.1, 0.15) is 50.6 Å². The second-order valence-electron chi connectivity index (χ2n) is 5.68. The summed E-state index contributed by atoms with van der Waals surface area (Å²) in [6, 6.07) is 0.746. The minimum atomic E-state index is 0.746. The molecule has 3 heteroatoms. The number of nitrogens with one attached hydrogen (secondary N) is 1. The molecule has 2 fully saturated rings. The molecule has 94 valence electrons. The van der Waals surface area contributed by atoms with Crippen molar-refractivity contribution in [3.8, 4) is 0 Å². The molecule has 1 aromatic heterocycles. The lowest BCUT2D eigenvalue weighted by Crippen LogP contribution is -2.38. The van der Waals surface area contributed by atoms with E-state index >= 15 is 0 Å². The van der Waals surface area contributed by atoms with E-state index in [1.54, 1.807) is 11.3 Å². The number of hydrogen-bond acceptors (Lipinski definition) is 3. The Hall–Kier alpha value is -0.410. The Morgan fingerprint density at radius 2 is 2.06 bits per heavy atom. The van der Waals surface area contributed by atoms with Crippen LogP contribution in [0.5, 0.6) is 0 Å². The molecule has 1 N–H and O–H groups in total. The molecule has 3 rings (SSSR count). The van der Waals surface area contributed by atoms with Crippen LogP contribution in [0.4, 0.5) is 0 Å². The van der Waals surface area contributed by atoms with Crippen molar-refractivity contribution in [2.45, 2.75) is 57.5 Å². The van der Waals surface area contributed by atoms with Crippen LogP contribution in [0.15, 0.2) is 10.9 Å². The van der Waals surface area contributed by atoms with Crippen LogP contribution in [0.25, 0.3) is 0 Å². The molecule has 0 aromatic carbocycles. The van der Waals surface area contributed by atoms with Gasteiger partial charge in [0.15, 0.2) is 0 Å². The standard InChI is InChI=1S/C14H22N2S/c1-2-4-12-7-13(6-5-11(12)3-1)15-8-14-9-17-10-16-14/h9-13,15H,1-8H2. The topological polar surface area (TPSA) is 24.9 Å². The summed E-state index contributed by atoms with van der Waals surface area (Å²) in [5.41, 5.74) is 3.13. The number of hydrogen-bond donors (Lipinski definition) is 1. The summed E-state index contributed by atoms with van der Waals surface area (Å²) >= 11 is 1.69. The van der Waals surface area contributed by atoms with E-state index in [1.165, 1.54) is 50.6 Å². The summed E-state index contributed by atoms with van der Waals surface area (Å²) in [6.45, 7) is 0.964. The predicted molar refractivity (Wildman–Crippen MR) is 72.0 cm³/mol. The van der Waals surface area contributed by atoms with Gasteiger partial charge in [-0.05, 0) is 31.1 Å². The average Bonchev–Trinajstić information content (AvgIpc) is 2.89. The van der Waals surface area contributed by atoms with E-state index in [4.69, 9.17) is 0 Å². The number of rotatable bonds is 3. The number of nitrogens with zero attached hydrogens (tertiary/aromatic N) is 1. The Morgan fingerprint density at radius 1 is 1.18 bits per heavy atom. The first-order chi connectivity index (χ1) is 8.42. The van der Waals surface area contributed by atoms with E-state index < -0.39 is 0 Å². The van der Waals surface area contributed by atoms with Crippen molar-refractivity contribution in [1.29, 1.82) is 0 Å². The van der Waals surface area contributed by atoms with Gasteiger partial charge in [0.1, 0.15) is 0 Å². The van der Waals surface area contributed by atoms with Crippen LogP contribution in [-0.2, 0) is 6.54 Å². The molecule has 1 heterocycles. The zero-order valence-electron chi connectivity index (χ0n) is 10.4. The van der Waals surface area contributed by atoms with Crippen LogP contribution >= 0.6 is 11.3 Å². The fourth-order valence-electron chi connectivity index (χ4n) is 3.63. The first-order valence-electron chi connectivity index (χ1n) is 7.02. The molecule has 0 saturated heterocycles. The highest BCUT2D eigenvalue weighted by Gasteiger charge is 2.31. The minimum Gasteiger partial charge on any atom is -0.308 e. The SMILES string of the molecule is c1nc(CNC2CCC3CCCCC3C2)cs1. The molecule has 0 amide bonds. The maximum atomic E-state index is 4.34. The molecule has 0 radical (unpaired) electrons. The van der Waals surface area contributed by atoms with E-state index in [0.29, 0.717) is 0 Å². The molecule has 17 heavy (non-hydrogen) atoms. The summed E-state index contributed by atoms with van der Waals surface area (Å²) in [7, 11) is 0. The molecule has 0 aliphatic heterocycles. The number of aromatic nitrogens is 1. The van der Waals surface area contributed by atoms with Crippen molar-refractivity contribution >= 4 is 11.3 Å². The third kappa shape index (κ3) is 2.89. The lowest BCUT2D eigenvalue weighted by Gasteiger charge is -2.39. The minimum absolute atomic E-state index is 0.746. The quantitative estimate of drug-likeness (QED) is 0.886. The fourth-order valence-corrected chi connectivity index (χ4v) is 4.19. The summed E-state index contributed by atoms with van der Waals surface area (Å²) in [5, 5.41) is 5.85. The van der Waals surface area contributed by atoms with Gasteiger partial charge in [0, 0.05) is 18.0 Å². The lowest BCUT2D eigenvalue weighted by atomic mass is 9.69. The van der Waals surface area contributed by atoms with Crippen LogP contribution < -0.4 is 5.32 Å². The molecule has 2 aliphatic carbocycles. The van der Waals surface area contributed by atoms with Crippen LogP contribution in [-0.4, -0.2) is 11.0 Å². The Balaban J connectivity index is 1.48. The van der Waals surface area contributed by atoms with Crippen molar-refractivity contribution in [2.24, 2.45) is 11.8 Å². The Morgan fingerprint density at radius 3 is 2.88 bits per heavy atom. The van der Waals surface area contributed by atoms with Gasteiger partial charge in [0.2, 0.25) is 0 Å². The summed E-state index contributed by atoms with van der Waals surface area (Å²) in [6.07, 6.45) is 10.2. The van der Waals surface area contributed by atoms with Crippen LogP contribution in [0.3, 0.4) is 0 Å². The molecule has 0 bridgehead atoms. The fraction of sp³-hybridized carbons (Fsp3) is 0.786. The van der Waals surface area contributed by atoms with Gasteiger partial charge in [-0.15, -0.1) is 11.3 Å². The molecular weight excluding hydrogens is 228 g/mol. The largest absolute Gasteiger partial charge is 0.308 e. The second kappa shape index (κ2) is 5.49. The summed E-state index contributed by atoms with van der Waals surface area (Å²) in [5.74, 6) is 2.08. The maximum Gasteiger partial charge on any atom is 0.0795 e. The third-order valence-electron chi connectivity index (χ3n) is 4.60. The Kier molecular flexibility index (Phi) is 3.77. The van der Waals surface area contributed by atoms with Crippen LogP contribution in [0.2, 0.25) is 0 Å². The lowest BCUT2D eigenvalue weighted by molar-refractivity contribution is 0.143. The van der Waals surface area contributed by atoms with Gasteiger partial charge >= 0.3 is 0 Å². The molecule has 3 unspecified atom stereocenters. The highest BCUT2D eigenvalue weighted by atomic mass is 32.1. The summed E-state index contributed by atoms with van der Waals surface area (Å²) < 4.78 is 0. The monoisotopic (exact) mass is 250 g/mol. The maximum absolute atomic E-state index is 4.34. The second-order valence-corrected chi connectivity index (χ2v) is 6.39. The van der Waals surface area contributed by atoms with Crippen molar-refractivity contribution in [2.75, 3.05) is 0 Å². The van der Waals surface area contributed by atoms with E-state index in [0.717, 1.165) is 24.4 Å². The van der Waals surface area contributed by atoms with Gasteiger partial charge in [-0.2, -0.15) is 0 Å². The van der Waals surface area contributed by atoms with Crippen molar-refractivity contribution in [3.05, 3.63) is 16.6 Å². The van der Waals surface area contributed by atoms with Crippen molar-refractivity contribution in [1.82, 2.24) is 10.3 Å². The van der Waals surface area contributed by atoms with E-state index in [1.807, 2.05) is 5.51 Å². The van der Waals surface area contributed by atoms with Gasteiger partial charge in [0.05, 0.1) is 11.2 Å². The van der Waals surface area contributed by atoms with E-state index in [-0.39, 0.29) is 0 Å². The van der Waals surface area contributed by atoms with Crippen molar-refractivity contribution in [3.63, 3.8) is 0 Å². The number of fused-ring (bicyclic) bond motifs is 1. The molecule has 3 atom stereocenters. The Labute approximate surface area is 108 Å². The van der Waals surface area contributed by atoms with Gasteiger partial charge in [0.25, 0.3) is 0 Å². The zero-order chi connectivity index (χ0) is 11.5. The van der Waals surface area contributed by atoms with Gasteiger partial charge in [-0.3, -0.25) is 0 Å². The Bertz CT molecular complexity index is 336. The third-order valence-corrected chi connectivity index (χ3v) is 5.23. The van der Waals surface area contributed by atoms with Crippen molar-refractivity contribution < 1.29 is 0 Å². The molecule has 1 aromatic rings. The molecule has 2 aliphatic rings.